The second-order valence-corrected chi connectivity index (χ2v) is 5.10. The van der Waals surface area contributed by atoms with E-state index in [4.69, 9.17) is 5.73 Å². The third kappa shape index (κ3) is 2.39. The van der Waals surface area contributed by atoms with Crippen molar-refractivity contribution in [2.45, 2.75) is 32.0 Å². The van der Waals surface area contributed by atoms with E-state index in [1.165, 1.54) is 4.90 Å². The predicted molar refractivity (Wildman–Crippen MR) is 66.9 cm³/mol. The van der Waals surface area contributed by atoms with Gasteiger partial charge >= 0.3 is 0 Å². The molecule has 0 saturated heterocycles. The third-order valence-electron chi connectivity index (χ3n) is 3.39. The second-order valence-electron chi connectivity index (χ2n) is 5.10. The van der Waals surface area contributed by atoms with Crippen LogP contribution in [0.3, 0.4) is 0 Å². The average molecular weight is 252 g/mol. The molecule has 0 bridgehead atoms. The predicted octanol–water partition coefficient (Wildman–Crippen LogP) is -0.185. The number of nitrogens with zero attached hydrogens (tertiary/aromatic N) is 3. The molecule has 1 amide bonds. The summed E-state index contributed by atoms with van der Waals surface area (Å²) >= 11 is 0. The van der Waals surface area contributed by atoms with Crippen molar-refractivity contribution in [3.8, 4) is 0 Å². The van der Waals surface area contributed by atoms with Gasteiger partial charge in [0, 0.05) is 32.7 Å². The van der Waals surface area contributed by atoms with Gasteiger partial charge in [-0.1, -0.05) is 0 Å². The summed E-state index contributed by atoms with van der Waals surface area (Å²) in [6, 6.07) is 0. The Bertz CT molecular complexity index is 435. The molecule has 1 aliphatic rings. The van der Waals surface area contributed by atoms with Crippen molar-refractivity contribution >= 4 is 5.91 Å². The highest BCUT2D eigenvalue weighted by Crippen LogP contribution is 2.29. The number of aliphatic hydroxyl groups is 1. The molecular weight excluding hydrogens is 232 g/mol. The van der Waals surface area contributed by atoms with Crippen LogP contribution in [0.15, 0.2) is 6.20 Å². The van der Waals surface area contributed by atoms with Crippen LogP contribution in [0.1, 0.15) is 28.9 Å². The first-order chi connectivity index (χ1) is 8.52. The Morgan fingerprint density at radius 1 is 1.61 bits per heavy atom. The highest BCUT2D eigenvalue weighted by atomic mass is 16.3. The molecule has 100 valence electrons. The van der Waals surface area contributed by atoms with Gasteiger partial charge in [-0.25, -0.2) is 0 Å². The quantitative estimate of drug-likeness (QED) is 0.778. The van der Waals surface area contributed by atoms with Crippen LogP contribution in [-0.4, -0.2) is 45.9 Å². The third-order valence-corrected chi connectivity index (χ3v) is 3.39. The van der Waals surface area contributed by atoms with E-state index in [9.17, 15) is 9.90 Å². The zero-order valence-electron chi connectivity index (χ0n) is 10.8. The largest absolute Gasteiger partial charge is 0.393 e. The summed E-state index contributed by atoms with van der Waals surface area (Å²) in [7, 11) is 3.43. The Hall–Kier alpha value is -1.40. The second kappa shape index (κ2) is 5.07. The molecule has 1 heterocycles. The maximum atomic E-state index is 12.1. The average Bonchev–Trinajstić information content (AvgIpc) is 2.68. The number of hydrogen-bond acceptors (Lipinski definition) is 4. The molecule has 0 atom stereocenters. The number of nitrogens with two attached hydrogens (primary N) is 1. The molecular formula is C12H20N4O2. The van der Waals surface area contributed by atoms with Gasteiger partial charge in [0.25, 0.3) is 5.91 Å². The van der Waals surface area contributed by atoms with Crippen LogP contribution in [0, 0.1) is 5.92 Å². The molecule has 1 aromatic rings. The van der Waals surface area contributed by atoms with Gasteiger partial charge < -0.3 is 15.7 Å². The van der Waals surface area contributed by atoms with E-state index in [0.717, 1.165) is 18.4 Å². The minimum absolute atomic E-state index is 0.0761. The number of hydrogen-bond donors (Lipinski definition) is 2. The molecule has 0 radical (unpaired) electrons. The van der Waals surface area contributed by atoms with E-state index in [1.807, 2.05) is 0 Å². The number of aromatic nitrogens is 2. The number of carbonyl (C=O) groups excluding carboxylic acids is 1. The van der Waals surface area contributed by atoms with Gasteiger partial charge in [-0.15, -0.1) is 0 Å². The van der Waals surface area contributed by atoms with Crippen LogP contribution in [0.5, 0.6) is 0 Å². The summed E-state index contributed by atoms with van der Waals surface area (Å²) in [5.41, 5.74) is 6.98. The first-order valence-corrected chi connectivity index (χ1v) is 6.17. The molecule has 18 heavy (non-hydrogen) atoms. The van der Waals surface area contributed by atoms with E-state index in [1.54, 1.807) is 25.0 Å². The fraction of sp³-hybridized carbons (Fsp3) is 0.667. The summed E-state index contributed by atoms with van der Waals surface area (Å²) in [6.07, 6.45) is 3.04. The standard InChI is InChI=1S/C12H20N4O2/c1-15(2)12(18)11-9(5-13)6-14-16(11)7-8-3-10(17)4-8/h6,8,10,17H,3-5,7,13H2,1-2H3. The van der Waals surface area contributed by atoms with Crippen molar-refractivity contribution in [1.29, 1.82) is 0 Å². The molecule has 1 fully saturated rings. The van der Waals surface area contributed by atoms with E-state index >= 15 is 0 Å². The number of carbonyl (C=O) groups is 1. The lowest BCUT2D eigenvalue weighted by Crippen LogP contribution is -2.34. The van der Waals surface area contributed by atoms with Crippen LogP contribution in [0.4, 0.5) is 0 Å². The van der Waals surface area contributed by atoms with Crippen molar-refractivity contribution in [2.24, 2.45) is 11.7 Å². The van der Waals surface area contributed by atoms with Gasteiger partial charge in [-0.2, -0.15) is 5.10 Å². The van der Waals surface area contributed by atoms with E-state index in [-0.39, 0.29) is 12.0 Å². The van der Waals surface area contributed by atoms with Crippen molar-refractivity contribution in [1.82, 2.24) is 14.7 Å². The maximum Gasteiger partial charge on any atom is 0.271 e. The molecule has 0 spiro atoms. The molecule has 6 nitrogen and oxygen atoms in total. The lowest BCUT2D eigenvalue weighted by molar-refractivity contribution is 0.0330. The number of rotatable bonds is 4. The van der Waals surface area contributed by atoms with Gasteiger partial charge in [0.05, 0.1) is 12.3 Å². The molecule has 0 unspecified atom stereocenters. The molecule has 0 aromatic carbocycles. The molecule has 1 aromatic heterocycles. The van der Waals surface area contributed by atoms with Crippen molar-refractivity contribution in [3.63, 3.8) is 0 Å². The molecule has 2 rings (SSSR count). The van der Waals surface area contributed by atoms with Crippen LogP contribution in [-0.2, 0) is 13.1 Å². The highest BCUT2D eigenvalue weighted by Gasteiger charge is 2.29. The SMILES string of the molecule is CN(C)C(=O)c1c(CN)cnn1CC1CC(O)C1. The Labute approximate surface area is 106 Å². The van der Waals surface area contributed by atoms with Gasteiger partial charge in [-0.3, -0.25) is 9.48 Å². The fourth-order valence-electron chi connectivity index (χ4n) is 2.27. The van der Waals surface area contributed by atoms with E-state index in [2.05, 4.69) is 5.10 Å². The first-order valence-electron chi connectivity index (χ1n) is 6.17. The summed E-state index contributed by atoms with van der Waals surface area (Å²) in [5.74, 6) is 0.326. The lowest BCUT2D eigenvalue weighted by atomic mass is 9.82. The zero-order chi connectivity index (χ0) is 13.3. The minimum Gasteiger partial charge on any atom is -0.393 e. The van der Waals surface area contributed by atoms with Crippen molar-refractivity contribution in [3.05, 3.63) is 17.5 Å². The molecule has 1 aliphatic carbocycles. The first kappa shape index (κ1) is 13.0. The Balaban J connectivity index is 2.19. The molecule has 1 saturated carbocycles. The van der Waals surface area contributed by atoms with E-state index in [0.29, 0.717) is 24.7 Å². The molecule has 6 heteroatoms. The van der Waals surface area contributed by atoms with Gasteiger partial charge in [-0.05, 0) is 18.8 Å². The van der Waals surface area contributed by atoms with Crippen LogP contribution < -0.4 is 5.73 Å². The fourth-order valence-corrected chi connectivity index (χ4v) is 2.27. The van der Waals surface area contributed by atoms with Gasteiger partial charge in [0.15, 0.2) is 0 Å². The minimum atomic E-state index is -0.187. The van der Waals surface area contributed by atoms with E-state index < -0.39 is 0 Å². The normalized spacial score (nSPS) is 22.7. The summed E-state index contributed by atoms with van der Waals surface area (Å²) < 4.78 is 1.72. The monoisotopic (exact) mass is 252 g/mol. The van der Waals surface area contributed by atoms with Crippen molar-refractivity contribution < 1.29 is 9.90 Å². The lowest BCUT2D eigenvalue weighted by Gasteiger charge is -2.31. The topological polar surface area (TPSA) is 84.4 Å². The zero-order valence-corrected chi connectivity index (χ0v) is 10.8. The molecule has 0 aliphatic heterocycles. The van der Waals surface area contributed by atoms with Crippen LogP contribution in [0.2, 0.25) is 0 Å². The van der Waals surface area contributed by atoms with Crippen LogP contribution in [0.25, 0.3) is 0 Å². The Kier molecular flexibility index (Phi) is 3.68. The maximum absolute atomic E-state index is 12.1. The van der Waals surface area contributed by atoms with Crippen LogP contribution >= 0.6 is 0 Å². The summed E-state index contributed by atoms with van der Waals surface area (Å²) in [4.78, 5) is 13.6. The Morgan fingerprint density at radius 3 is 2.78 bits per heavy atom. The summed E-state index contributed by atoms with van der Waals surface area (Å²) in [5, 5.41) is 13.5. The summed E-state index contributed by atoms with van der Waals surface area (Å²) in [6.45, 7) is 0.980. The number of aliphatic hydroxyl groups excluding tert-OH is 1. The van der Waals surface area contributed by atoms with Crippen molar-refractivity contribution in [2.75, 3.05) is 14.1 Å². The highest BCUT2D eigenvalue weighted by molar-refractivity contribution is 5.93. The van der Waals surface area contributed by atoms with Gasteiger partial charge in [0.1, 0.15) is 5.69 Å². The molecule has 3 N–H and O–H groups in total. The number of amides is 1. The van der Waals surface area contributed by atoms with Gasteiger partial charge in [0.2, 0.25) is 0 Å². The smallest absolute Gasteiger partial charge is 0.271 e. The Morgan fingerprint density at radius 2 is 2.28 bits per heavy atom.